The van der Waals surface area contributed by atoms with E-state index in [2.05, 4.69) is 0 Å². The lowest BCUT2D eigenvalue weighted by Crippen LogP contribution is -2.31. The molecule has 1 aromatic rings. The molecule has 1 saturated carbocycles. The number of carbonyl (C=O) groups is 1. The van der Waals surface area contributed by atoms with Gasteiger partial charge in [0, 0.05) is 12.0 Å². The molecule has 0 amide bonds. The average molecular weight is 221 g/mol. The lowest BCUT2D eigenvalue weighted by atomic mass is 9.81. The van der Waals surface area contributed by atoms with Crippen LogP contribution < -0.4 is 5.73 Å². The van der Waals surface area contributed by atoms with E-state index in [1.165, 1.54) is 6.07 Å². The highest BCUT2D eigenvalue weighted by atomic mass is 19.1. The fraction of sp³-hybridized carbons (Fsp3) is 0.462. The van der Waals surface area contributed by atoms with E-state index >= 15 is 0 Å². The number of nitrogens with two attached hydrogens (primary N) is 1. The van der Waals surface area contributed by atoms with Gasteiger partial charge in [-0.15, -0.1) is 0 Å². The molecule has 2 N–H and O–H groups in total. The maximum atomic E-state index is 13.4. The molecule has 2 rings (SSSR count). The van der Waals surface area contributed by atoms with Crippen LogP contribution in [0.1, 0.15) is 36.0 Å². The van der Waals surface area contributed by atoms with Crippen LogP contribution in [0.25, 0.3) is 0 Å². The van der Waals surface area contributed by atoms with Crippen LogP contribution in [0, 0.1) is 11.7 Å². The molecule has 0 radical (unpaired) electrons. The molecule has 1 fully saturated rings. The molecule has 0 spiro atoms. The topological polar surface area (TPSA) is 43.1 Å². The minimum absolute atomic E-state index is 0.0896. The Bertz CT molecular complexity index is 391. The molecule has 86 valence electrons. The minimum atomic E-state index is -0.424. The summed E-state index contributed by atoms with van der Waals surface area (Å²) in [5.41, 5.74) is 6.04. The SMILES string of the molecule is NC1CCCC(C(=O)c2ccccc2F)C1. The normalized spacial score (nSPS) is 25.4. The van der Waals surface area contributed by atoms with Crippen molar-refractivity contribution in [3.63, 3.8) is 0 Å². The zero-order chi connectivity index (χ0) is 11.5. The lowest BCUT2D eigenvalue weighted by Gasteiger charge is -2.25. The molecule has 0 saturated heterocycles. The molecule has 1 aromatic carbocycles. The largest absolute Gasteiger partial charge is 0.328 e. The summed E-state index contributed by atoms with van der Waals surface area (Å²) >= 11 is 0. The van der Waals surface area contributed by atoms with Crippen molar-refractivity contribution in [3.05, 3.63) is 35.6 Å². The van der Waals surface area contributed by atoms with E-state index in [-0.39, 0.29) is 23.3 Å². The summed E-state index contributed by atoms with van der Waals surface area (Å²) in [5.74, 6) is -0.611. The van der Waals surface area contributed by atoms with Crippen LogP contribution >= 0.6 is 0 Å². The van der Waals surface area contributed by atoms with Crippen LogP contribution in [0.4, 0.5) is 4.39 Å². The number of hydrogen-bond donors (Lipinski definition) is 1. The number of ketones is 1. The zero-order valence-electron chi connectivity index (χ0n) is 9.16. The van der Waals surface area contributed by atoms with Crippen molar-refractivity contribution in [1.82, 2.24) is 0 Å². The van der Waals surface area contributed by atoms with E-state index in [0.29, 0.717) is 6.42 Å². The Balaban J connectivity index is 2.16. The molecule has 2 nitrogen and oxygen atoms in total. The number of benzene rings is 1. The van der Waals surface area contributed by atoms with Crippen LogP contribution in [-0.4, -0.2) is 11.8 Å². The molecule has 0 bridgehead atoms. The maximum Gasteiger partial charge on any atom is 0.168 e. The van der Waals surface area contributed by atoms with Crippen LogP contribution in [0.15, 0.2) is 24.3 Å². The van der Waals surface area contributed by atoms with Crippen molar-refractivity contribution in [2.45, 2.75) is 31.7 Å². The summed E-state index contributed by atoms with van der Waals surface area (Å²) in [4.78, 5) is 12.1. The van der Waals surface area contributed by atoms with Crippen LogP contribution in [0.2, 0.25) is 0 Å². The van der Waals surface area contributed by atoms with E-state index in [9.17, 15) is 9.18 Å². The minimum Gasteiger partial charge on any atom is -0.328 e. The zero-order valence-corrected chi connectivity index (χ0v) is 9.16. The average Bonchev–Trinajstić information content (AvgIpc) is 2.29. The summed E-state index contributed by atoms with van der Waals surface area (Å²) in [7, 11) is 0. The molecule has 0 heterocycles. The fourth-order valence-electron chi connectivity index (χ4n) is 2.35. The second kappa shape index (κ2) is 4.74. The van der Waals surface area contributed by atoms with Crippen molar-refractivity contribution < 1.29 is 9.18 Å². The molecule has 1 aliphatic rings. The summed E-state index contributed by atoms with van der Waals surface area (Å²) in [5, 5.41) is 0. The molecule has 3 heteroatoms. The number of carbonyl (C=O) groups excluding carboxylic acids is 1. The van der Waals surface area contributed by atoms with E-state index in [1.807, 2.05) is 0 Å². The number of hydrogen-bond acceptors (Lipinski definition) is 2. The van der Waals surface area contributed by atoms with E-state index < -0.39 is 5.82 Å². The van der Waals surface area contributed by atoms with Gasteiger partial charge in [0.05, 0.1) is 5.56 Å². The highest BCUT2D eigenvalue weighted by Gasteiger charge is 2.27. The molecular formula is C13H16FNO. The third-order valence-corrected chi connectivity index (χ3v) is 3.22. The first-order valence-electron chi connectivity index (χ1n) is 5.73. The van der Waals surface area contributed by atoms with E-state index in [1.54, 1.807) is 18.2 Å². The van der Waals surface area contributed by atoms with Crippen molar-refractivity contribution in [2.75, 3.05) is 0 Å². The molecule has 0 aliphatic heterocycles. The van der Waals surface area contributed by atoms with Gasteiger partial charge >= 0.3 is 0 Å². The van der Waals surface area contributed by atoms with Crippen molar-refractivity contribution in [1.29, 1.82) is 0 Å². The monoisotopic (exact) mass is 221 g/mol. The van der Waals surface area contributed by atoms with Crippen molar-refractivity contribution in [2.24, 2.45) is 11.7 Å². The first-order chi connectivity index (χ1) is 7.68. The lowest BCUT2D eigenvalue weighted by molar-refractivity contribution is 0.0877. The molecular weight excluding hydrogens is 205 g/mol. The van der Waals surface area contributed by atoms with Crippen molar-refractivity contribution in [3.8, 4) is 0 Å². The van der Waals surface area contributed by atoms with Crippen LogP contribution in [0.5, 0.6) is 0 Å². The van der Waals surface area contributed by atoms with Gasteiger partial charge in [0.1, 0.15) is 5.82 Å². The quantitative estimate of drug-likeness (QED) is 0.780. The van der Waals surface area contributed by atoms with Crippen LogP contribution in [0.3, 0.4) is 0 Å². The number of Topliss-reactive ketones (excluding diaryl/α,β-unsaturated/α-hetero) is 1. The van der Waals surface area contributed by atoms with Gasteiger partial charge < -0.3 is 5.73 Å². The van der Waals surface area contributed by atoms with Crippen LogP contribution in [-0.2, 0) is 0 Å². The van der Waals surface area contributed by atoms with Gasteiger partial charge in [-0.05, 0) is 31.4 Å². The van der Waals surface area contributed by atoms with Gasteiger partial charge in [0.25, 0.3) is 0 Å². The first kappa shape index (κ1) is 11.3. The van der Waals surface area contributed by atoms with Crippen molar-refractivity contribution >= 4 is 5.78 Å². The molecule has 2 atom stereocenters. The standard InChI is InChI=1S/C13H16FNO/c14-12-7-2-1-6-11(12)13(16)9-4-3-5-10(15)8-9/h1-2,6-7,9-10H,3-5,8,15H2. The van der Waals surface area contributed by atoms with Gasteiger partial charge in [-0.1, -0.05) is 18.6 Å². The maximum absolute atomic E-state index is 13.4. The molecule has 1 aliphatic carbocycles. The van der Waals surface area contributed by atoms with Gasteiger partial charge in [0.2, 0.25) is 0 Å². The third-order valence-electron chi connectivity index (χ3n) is 3.22. The Morgan fingerprint density at radius 3 is 2.75 bits per heavy atom. The second-order valence-electron chi connectivity index (χ2n) is 4.47. The Kier molecular flexibility index (Phi) is 3.34. The highest BCUT2D eigenvalue weighted by molar-refractivity contribution is 5.98. The van der Waals surface area contributed by atoms with Gasteiger partial charge in [-0.25, -0.2) is 4.39 Å². The summed E-state index contributed by atoms with van der Waals surface area (Å²) < 4.78 is 13.4. The Hall–Kier alpha value is -1.22. The predicted molar refractivity (Wildman–Crippen MR) is 60.7 cm³/mol. The number of halogens is 1. The van der Waals surface area contributed by atoms with E-state index in [4.69, 9.17) is 5.73 Å². The third kappa shape index (κ3) is 2.30. The Labute approximate surface area is 94.6 Å². The Morgan fingerprint density at radius 2 is 2.06 bits per heavy atom. The van der Waals surface area contributed by atoms with Gasteiger partial charge in [-0.2, -0.15) is 0 Å². The molecule has 16 heavy (non-hydrogen) atoms. The summed E-state index contributed by atoms with van der Waals surface area (Å²) in [6, 6.07) is 6.26. The summed E-state index contributed by atoms with van der Waals surface area (Å²) in [6.07, 6.45) is 3.46. The fourth-order valence-corrected chi connectivity index (χ4v) is 2.35. The Morgan fingerprint density at radius 1 is 1.31 bits per heavy atom. The second-order valence-corrected chi connectivity index (χ2v) is 4.47. The number of rotatable bonds is 2. The smallest absolute Gasteiger partial charge is 0.168 e. The molecule has 2 unspecified atom stereocenters. The van der Waals surface area contributed by atoms with Gasteiger partial charge in [0.15, 0.2) is 5.78 Å². The molecule has 0 aromatic heterocycles. The van der Waals surface area contributed by atoms with E-state index in [0.717, 1.165) is 19.3 Å². The highest BCUT2D eigenvalue weighted by Crippen LogP contribution is 2.27. The van der Waals surface area contributed by atoms with Gasteiger partial charge in [-0.3, -0.25) is 4.79 Å². The predicted octanol–water partition coefficient (Wildman–Crippen LogP) is 2.53. The summed E-state index contributed by atoms with van der Waals surface area (Å²) in [6.45, 7) is 0. The first-order valence-corrected chi connectivity index (χ1v) is 5.73.